The molecule has 0 aromatic carbocycles. The van der Waals surface area contributed by atoms with Gasteiger partial charge in [-0.2, -0.15) is 0 Å². The molecule has 0 fully saturated rings. The molecular weight excluding hydrogens is 448 g/mol. The fourth-order valence-electron chi connectivity index (χ4n) is 2.25. The van der Waals surface area contributed by atoms with Gasteiger partial charge in [0.25, 0.3) is 0 Å². The summed E-state index contributed by atoms with van der Waals surface area (Å²) in [6.45, 7) is 4.99. The van der Waals surface area contributed by atoms with Crippen LogP contribution in [-0.2, 0) is 9.59 Å². The first kappa shape index (κ1) is 24.9. The van der Waals surface area contributed by atoms with Crippen LogP contribution in [-0.4, -0.2) is 69.0 Å². The molecule has 0 aromatic rings. The molecule has 0 aliphatic carbocycles. The summed E-state index contributed by atoms with van der Waals surface area (Å²) in [6, 6.07) is 0. The third-order valence-corrected chi connectivity index (χ3v) is 6.37. The Morgan fingerprint density at radius 1 is 0.800 bits per heavy atom. The van der Waals surface area contributed by atoms with E-state index in [9.17, 15) is 9.59 Å². The number of nitrogens with one attached hydrogen (secondary N) is 3. The van der Waals surface area contributed by atoms with Gasteiger partial charge in [-0.25, -0.2) is 0 Å². The Bertz CT molecular complexity index is 331. The SMILES string of the molecule is CCCCCCCC[Se]CCNC(=O)CCNCCC(=O)NCC[Se]. The van der Waals surface area contributed by atoms with Gasteiger partial charge in [0.2, 0.25) is 0 Å². The molecule has 5 nitrogen and oxygen atoms in total. The van der Waals surface area contributed by atoms with Crippen molar-refractivity contribution in [1.82, 2.24) is 16.0 Å². The molecule has 0 unspecified atom stereocenters. The molecule has 0 spiro atoms. The number of amides is 2. The van der Waals surface area contributed by atoms with Gasteiger partial charge in [0.15, 0.2) is 0 Å². The molecule has 0 saturated heterocycles. The summed E-state index contributed by atoms with van der Waals surface area (Å²) < 4.78 is 0. The molecule has 1 radical (unpaired) electrons. The molecule has 0 aromatic heterocycles. The van der Waals surface area contributed by atoms with Crippen LogP contribution in [0.1, 0.15) is 58.3 Å². The zero-order chi connectivity index (χ0) is 18.6. The molecule has 0 heterocycles. The van der Waals surface area contributed by atoms with E-state index in [4.69, 9.17) is 0 Å². The monoisotopic (exact) mass is 486 g/mol. The van der Waals surface area contributed by atoms with Crippen molar-refractivity contribution in [3.05, 3.63) is 0 Å². The second-order valence-corrected chi connectivity index (χ2v) is 9.46. The zero-order valence-corrected chi connectivity index (χ0v) is 19.2. The van der Waals surface area contributed by atoms with Crippen LogP contribution < -0.4 is 16.0 Å². The predicted octanol–water partition coefficient (Wildman–Crippen LogP) is 2.08. The van der Waals surface area contributed by atoms with Gasteiger partial charge < -0.3 is 0 Å². The van der Waals surface area contributed by atoms with Crippen LogP contribution in [0.25, 0.3) is 0 Å². The second-order valence-electron chi connectivity index (χ2n) is 6.03. The number of unbranched alkanes of at least 4 members (excludes halogenated alkanes) is 5. The topological polar surface area (TPSA) is 70.2 Å². The summed E-state index contributed by atoms with van der Waals surface area (Å²) in [4.78, 5) is 23.1. The number of carbonyl (C=O) groups is 2. The second kappa shape index (κ2) is 20.3. The minimum atomic E-state index is 0.0554. The van der Waals surface area contributed by atoms with E-state index in [2.05, 4.69) is 38.9 Å². The van der Waals surface area contributed by atoms with Crippen molar-refractivity contribution in [2.45, 2.75) is 74.2 Å². The van der Waals surface area contributed by atoms with Crippen LogP contribution in [0.5, 0.6) is 0 Å². The summed E-state index contributed by atoms with van der Waals surface area (Å²) in [5, 5.41) is 12.2. The molecule has 2 amide bonds. The first-order valence-electron chi connectivity index (χ1n) is 9.60. The first-order chi connectivity index (χ1) is 12.2. The fraction of sp³-hybridized carbons (Fsp3) is 0.889. The standard InChI is InChI=1S/C18H36N3O2Se2/c1-2-3-4-5-6-7-15-25-16-13-21-18(23)9-11-19-10-8-17(22)20-12-14-24/h19H,2-16H2,1H3,(H,20,22)(H,21,23). The Kier molecular flexibility index (Phi) is 20.2. The van der Waals surface area contributed by atoms with Crippen LogP contribution >= 0.6 is 0 Å². The van der Waals surface area contributed by atoms with E-state index in [1.54, 1.807) is 0 Å². The molecule has 0 atom stereocenters. The molecule has 0 rings (SSSR count). The zero-order valence-electron chi connectivity index (χ0n) is 15.7. The Balaban J connectivity index is 3.24. The van der Waals surface area contributed by atoms with Crippen LogP contribution in [0.3, 0.4) is 0 Å². The molecule has 0 saturated carbocycles. The predicted molar refractivity (Wildman–Crippen MR) is 107 cm³/mol. The summed E-state index contributed by atoms with van der Waals surface area (Å²) in [5.41, 5.74) is 0. The summed E-state index contributed by atoms with van der Waals surface area (Å²) in [7, 11) is 0. The fourth-order valence-corrected chi connectivity index (χ4v) is 4.26. The van der Waals surface area contributed by atoms with Crippen LogP contribution in [0, 0.1) is 0 Å². The van der Waals surface area contributed by atoms with Gasteiger partial charge in [-0.3, -0.25) is 0 Å². The summed E-state index contributed by atoms with van der Waals surface area (Å²) >= 11 is 3.52. The van der Waals surface area contributed by atoms with E-state index >= 15 is 0 Å². The van der Waals surface area contributed by atoms with E-state index in [0.717, 1.165) is 17.2 Å². The van der Waals surface area contributed by atoms with Crippen molar-refractivity contribution in [3.63, 3.8) is 0 Å². The average Bonchev–Trinajstić information content (AvgIpc) is 2.61. The Morgan fingerprint density at radius 2 is 1.40 bits per heavy atom. The van der Waals surface area contributed by atoms with E-state index < -0.39 is 0 Å². The minimum absolute atomic E-state index is 0.0554. The van der Waals surface area contributed by atoms with Gasteiger partial charge in [0, 0.05) is 0 Å². The molecule has 0 aliphatic heterocycles. The maximum absolute atomic E-state index is 11.7. The normalized spacial score (nSPS) is 10.6. The van der Waals surface area contributed by atoms with Crippen molar-refractivity contribution in [2.24, 2.45) is 0 Å². The molecule has 147 valence electrons. The van der Waals surface area contributed by atoms with E-state index in [1.807, 2.05) is 0 Å². The molecular formula is C18H36N3O2Se2. The van der Waals surface area contributed by atoms with E-state index in [1.165, 1.54) is 43.8 Å². The molecule has 25 heavy (non-hydrogen) atoms. The van der Waals surface area contributed by atoms with Crippen LogP contribution in [0.15, 0.2) is 0 Å². The third-order valence-electron chi connectivity index (χ3n) is 3.69. The third kappa shape index (κ3) is 20.1. The Morgan fingerprint density at radius 3 is 2.04 bits per heavy atom. The van der Waals surface area contributed by atoms with Crippen LogP contribution in [0.2, 0.25) is 16.0 Å². The maximum atomic E-state index is 11.7. The summed E-state index contributed by atoms with van der Waals surface area (Å²) in [5.74, 6) is 0.161. The molecule has 7 heteroatoms. The van der Waals surface area contributed by atoms with Gasteiger partial charge in [0.05, 0.1) is 0 Å². The van der Waals surface area contributed by atoms with Crippen LogP contribution in [0.4, 0.5) is 0 Å². The molecule has 0 bridgehead atoms. The van der Waals surface area contributed by atoms with Crippen molar-refractivity contribution >= 4 is 42.8 Å². The van der Waals surface area contributed by atoms with Gasteiger partial charge in [-0.15, -0.1) is 0 Å². The number of carbonyl (C=O) groups excluding carboxylic acids is 2. The molecule has 0 aliphatic rings. The Hall–Kier alpha value is -0.0610. The number of rotatable bonds is 18. The number of hydrogen-bond donors (Lipinski definition) is 3. The van der Waals surface area contributed by atoms with Crippen molar-refractivity contribution in [2.75, 3.05) is 26.2 Å². The van der Waals surface area contributed by atoms with Crippen molar-refractivity contribution in [3.8, 4) is 0 Å². The quantitative estimate of drug-likeness (QED) is 0.206. The van der Waals surface area contributed by atoms with E-state index in [-0.39, 0.29) is 11.8 Å². The van der Waals surface area contributed by atoms with E-state index in [0.29, 0.717) is 47.4 Å². The van der Waals surface area contributed by atoms with Gasteiger partial charge >= 0.3 is 169 Å². The van der Waals surface area contributed by atoms with Gasteiger partial charge in [-0.1, -0.05) is 0 Å². The molecule has 3 N–H and O–H groups in total. The summed E-state index contributed by atoms with van der Waals surface area (Å²) in [6.07, 6.45) is 9.12. The van der Waals surface area contributed by atoms with Crippen molar-refractivity contribution in [1.29, 1.82) is 0 Å². The van der Waals surface area contributed by atoms with Crippen molar-refractivity contribution < 1.29 is 9.59 Å². The Labute approximate surface area is 168 Å². The number of hydrogen-bond acceptors (Lipinski definition) is 3. The first-order valence-corrected chi connectivity index (χ1v) is 13.2. The van der Waals surface area contributed by atoms with Gasteiger partial charge in [0.1, 0.15) is 0 Å². The van der Waals surface area contributed by atoms with Gasteiger partial charge in [-0.05, 0) is 0 Å². The average molecular weight is 484 g/mol.